The predicted molar refractivity (Wildman–Crippen MR) is 118 cm³/mol. The summed E-state index contributed by atoms with van der Waals surface area (Å²) in [6.07, 6.45) is -0.755. The second-order valence-corrected chi connectivity index (χ2v) is 6.92. The molecule has 0 radical (unpaired) electrons. The monoisotopic (exact) mass is 421 g/mol. The molecule has 31 heavy (non-hydrogen) atoms. The van der Waals surface area contributed by atoms with Gasteiger partial charge in [0.1, 0.15) is 18.2 Å². The van der Waals surface area contributed by atoms with E-state index in [1.807, 2.05) is 42.5 Å². The van der Waals surface area contributed by atoms with Gasteiger partial charge in [-0.05, 0) is 47.2 Å². The van der Waals surface area contributed by atoms with Crippen LogP contribution in [0.15, 0.2) is 66.7 Å². The van der Waals surface area contributed by atoms with Crippen LogP contribution in [0.3, 0.4) is 0 Å². The number of carbonyl (C=O) groups excluding carboxylic acids is 1. The van der Waals surface area contributed by atoms with Crippen LogP contribution in [0.1, 0.15) is 12.5 Å². The van der Waals surface area contributed by atoms with Crippen LogP contribution in [-0.4, -0.2) is 42.3 Å². The Morgan fingerprint density at radius 1 is 1.16 bits per heavy atom. The molecule has 1 saturated heterocycles. The number of ether oxygens (including phenoxy) is 2. The summed E-state index contributed by atoms with van der Waals surface area (Å²) in [7, 11) is 0. The van der Waals surface area contributed by atoms with Gasteiger partial charge in [-0.25, -0.2) is 4.79 Å². The lowest BCUT2D eigenvalue weighted by Crippen LogP contribution is -2.26. The number of amidine groups is 1. The average Bonchev–Trinajstić information content (AvgIpc) is 3.12. The Morgan fingerprint density at radius 3 is 2.45 bits per heavy atom. The van der Waals surface area contributed by atoms with Crippen LogP contribution in [0.4, 0.5) is 10.5 Å². The van der Waals surface area contributed by atoms with Gasteiger partial charge in [-0.15, -0.1) is 0 Å². The molecule has 0 aromatic heterocycles. The number of carboxylic acids is 1. The zero-order chi connectivity index (χ0) is 22.4. The maximum Gasteiger partial charge on any atom is 0.414 e. The molecule has 1 unspecified atom stereocenters. The van der Waals surface area contributed by atoms with Crippen LogP contribution >= 0.6 is 0 Å². The molecule has 8 heteroatoms. The van der Waals surface area contributed by atoms with E-state index in [9.17, 15) is 4.79 Å². The molecule has 1 amide bonds. The van der Waals surface area contributed by atoms with E-state index in [1.165, 1.54) is 0 Å². The van der Waals surface area contributed by atoms with Gasteiger partial charge in [0.25, 0.3) is 5.97 Å². The van der Waals surface area contributed by atoms with E-state index in [2.05, 4.69) is 0 Å². The number of amides is 1. The number of hydrogen-bond acceptors (Lipinski definition) is 5. The summed E-state index contributed by atoms with van der Waals surface area (Å²) < 4.78 is 11.2. The Balaban J connectivity index is 0.000000628. The first kappa shape index (κ1) is 21.6. The second kappa shape index (κ2) is 9.62. The Morgan fingerprint density at radius 2 is 1.81 bits per heavy atom. The minimum Gasteiger partial charge on any atom is -0.490 e. The summed E-state index contributed by atoms with van der Waals surface area (Å²) in [5, 5.41) is 17.1. The van der Waals surface area contributed by atoms with E-state index >= 15 is 0 Å². The molecule has 1 aliphatic heterocycles. The molecule has 0 saturated carbocycles. The molecule has 8 nitrogen and oxygen atoms in total. The SMILES string of the molecule is CC(=O)O.N=C(N)c1ccc(N2CC(COc3ccc4ccccc4c3)OC2=O)cc1. The number of rotatable bonds is 5. The molecule has 1 aliphatic rings. The quantitative estimate of drug-likeness (QED) is 0.427. The van der Waals surface area contributed by atoms with Crippen molar-refractivity contribution in [1.29, 1.82) is 5.41 Å². The van der Waals surface area contributed by atoms with E-state index in [0.717, 1.165) is 23.4 Å². The molecule has 1 fully saturated rings. The first-order valence-electron chi connectivity index (χ1n) is 9.57. The molecule has 4 N–H and O–H groups in total. The normalized spacial score (nSPS) is 15.1. The highest BCUT2D eigenvalue weighted by atomic mass is 16.6. The molecule has 4 rings (SSSR count). The summed E-state index contributed by atoms with van der Waals surface area (Å²) in [5.74, 6) is -0.0961. The number of carbonyl (C=O) groups is 2. The minimum absolute atomic E-state index is 0.00721. The van der Waals surface area contributed by atoms with E-state index in [-0.39, 0.29) is 18.5 Å². The lowest BCUT2D eigenvalue weighted by Gasteiger charge is -2.14. The summed E-state index contributed by atoms with van der Waals surface area (Å²) >= 11 is 0. The minimum atomic E-state index is -0.833. The van der Waals surface area contributed by atoms with Crippen molar-refractivity contribution in [2.45, 2.75) is 13.0 Å². The van der Waals surface area contributed by atoms with Gasteiger partial charge in [0.05, 0.1) is 6.54 Å². The van der Waals surface area contributed by atoms with Crippen LogP contribution in [0.5, 0.6) is 5.75 Å². The first-order chi connectivity index (χ1) is 14.8. The smallest absolute Gasteiger partial charge is 0.414 e. The number of hydrogen-bond donors (Lipinski definition) is 3. The molecule has 1 atom stereocenters. The highest BCUT2D eigenvalue weighted by Gasteiger charge is 2.32. The van der Waals surface area contributed by atoms with Crippen molar-refractivity contribution in [3.05, 3.63) is 72.3 Å². The number of fused-ring (bicyclic) bond motifs is 1. The molecule has 0 aliphatic carbocycles. The van der Waals surface area contributed by atoms with Crippen LogP contribution in [0, 0.1) is 5.41 Å². The van der Waals surface area contributed by atoms with Crippen molar-refractivity contribution in [2.24, 2.45) is 5.73 Å². The maximum absolute atomic E-state index is 12.2. The predicted octanol–water partition coefficient (Wildman–Crippen LogP) is 3.62. The molecule has 0 spiro atoms. The number of nitrogens with two attached hydrogens (primary N) is 1. The summed E-state index contributed by atoms with van der Waals surface area (Å²) in [4.78, 5) is 22.7. The number of nitrogen functional groups attached to an aromatic ring is 1. The van der Waals surface area contributed by atoms with Crippen LogP contribution in [0.2, 0.25) is 0 Å². The van der Waals surface area contributed by atoms with E-state index in [4.69, 9.17) is 30.5 Å². The van der Waals surface area contributed by atoms with Gasteiger partial charge in [-0.1, -0.05) is 30.3 Å². The molecule has 3 aromatic rings. The number of benzene rings is 3. The lowest BCUT2D eigenvalue weighted by molar-refractivity contribution is -0.134. The van der Waals surface area contributed by atoms with Gasteiger partial charge in [-0.3, -0.25) is 15.1 Å². The largest absolute Gasteiger partial charge is 0.490 e. The lowest BCUT2D eigenvalue weighted by atomic mass is 10.1. The highest BCUT2D eigenvalue weighted by molar-refractivity contribution is 5.96. The number of aliphatic carboxylic acids is 1. The fourth-order valence-corrected chi connectivity index (χ4v) is 3.09. The summed E-state index contributed by atoms with van der Waals surface area (Å²) in [6, 6.07) is 20.9. The number of nitrogens with one attached hydrogen (secondary N) is 1. The van der Waals surface area contributed by atoms with Crippen LogP contribution in [-0.2, 0) is 9.53 Å². The van der Waals surface area contributed by atoms with E-state index in [1.54, 1.807) is 29.2 Å². The van der Waals surface area contributed by atoms with Crippen LogP contribution < -0.4 is 15.4 Å². The number of cyclic esters (lactones) is 1. The third kappa shape index (κ3) is 5.72. The van der Waals surface area contributed by atoms with Gasteiger partial charge in [0.2, 0.25) is 0 Å². The van der Waals surface area contributed by atoms with Gasteiger partial charge >= 0.3 is 6.09 Å². The summed E-state index contributed by atoms with van der Waals surface area (Å²) in [6.45, 7) is 1.78. The fourth-order valence-electron chi connectivity index (χ4n) is 3.09. The Hall–Kier alpha value is -4.07. The number of anilines is 1. The molecule has 0 bridgehead atoms. The zero-order valence-corrected chi connectivity index (χ0v) is 16.9. The van der Waals surface area contributed by atoms with Crippen molar-refractivity contribution >= 4 is 34.4 Å². The molecule has 160 valence electrons. The van der Waals surface area contributed by atoms with Crippen molar-refractivity contribution in [3.63, 3.8) is 0 Å². The third-order valence-electron chi connectivity index (χ3n) is 4.52. The molecule has 1 heterocycles. The Kier molecular flexibility index (Phi) is 6.71. The fraction of sp³-hybridized carbons (Fsp3) is 0.174. The Labute approximate surface area is 179 Å². The summed E-state index contributed by atoms with van der Waals surface area (Å²) in [5.41, 5.74) is 6.78. The van der Waals surface area contributed by atoms with E-state index < -0.39 is 12.1 Å². The van der Waals surface area contributed by atoms with E-state index in [0.29, 0.717) is 17.8 Å². The van der Waals surface area contributed by atoms with Crippen molar-refractivity contribution in [1.82, 2.24) is 0 Å². The van der Waals surface area contributed by atoms with Gasteiger partial charge in [0, 0.05) is 18.2 Å². The van der Waals surface area contributed by atoms with Gasteiger partial charge in [-0.2, -0.15) is 0 Å². The van der Waals surface area contributed by atoms with Crippen molar-refractivity contribution < 1.29 is 24.2 Å². The maximum atomic E-state index is 12.2. The average molecular weight is 421 g/mol. The van der Waals surface area contributed by atoms with Gasteiger partial charge in [0.15, 0.2) is 6.10 Å². The molecule has 3 aromatic carbocycles. The Bertz CT molecular complexity index is 1090. The van der Waals surface area contributed by atoms with Crippen molar-refractivity contribution in [3.8, 4) is 5.75 Å². The number of nitrogens with zero attached hydrogens (tertiary/aromatic N) is 1. The first-order valence-corrected chi connectivity index (χ1v) is 9.57. The highest BCUT2D eigenvalue weighted by Crippen LogP contribution is 2.24. The van der Waals surface area contributed by atoms with Crippen molar-refractivity contribution in [2.75, 3.05) is 18.1 Å². The molecular formula is C23H23N3O5. The standard InChI is InChI=1S/C21H19N3O3.C2H4O2/c22-20(23)15-5-8-17(9-6-15)24-12-19(27-21(24)25)13-26-18-10-7-14-3-1-2-4-16(14)11-18;1-2(3)4/h1-11,19H,12-13H2,(H3,22,23);1H3,(H,3,4). The van der Waals surface area contributed by atoms with Gasteiger partial charge < -0.3 is 20.3 Å². The topological polar surface area (TPSA) is 126 Å². The van der Waals surface area contributed by atoms with Crippen LogP contribution in [0.25, 0.3) is 10.8 Å². The number of carboxylic acid groups (broad SMARTS) is 1. The third-order valence-corrected chi connectivity index (χ3v) is 4.52. The zero-order valence-electron chi connectivity index (χ0n) is 16.9. The molecular weight excluding hydrogens is 398 g/mol. The second-order valence-electron chi connectivity index (χ2n) is 6.92.